The first kappa shape index (κ1) is 16.5. The number of hydrogen-bond donors (Lipinski definition) is 1. The lowest BCUT2D eigenvalue weighted by Crippen LogP contribution is -2.33. The summed E-state index contributed by atoms with van der Waals surface area (Å²) >= 11 is 0. The lowest BCUT2D eigenvalue weighted by atomic mass is 10.2. The normalized spacial score (nSPS) is 19.8. The van der Waals surface area contributed by atoms with Crippen LogP contribution >= 0.6 is 0 Å². The smallest absolute Gasteiger partial charge is 0.244 e. The van der Waals surface area contributed by atoms with E-state index in [1.54, 1.807) is 19.3 Å². The summed E-state index contributed by atoms with van der Waals surface area (Å²) in [7, 11) is -1.89. The lowest BCUT2D eigenvalue weighted by Gasteiger charge is -2.19. The highest BCUT2D eigenvalue weighted by Crippen LogP contribution is 2.22. The summed E-state index contributed by atoms with van der Waals surface area (Å²) in [6, 6.07) is 1.84. The number of hydrogen-bond acceptors (Lipinski definition) is 4. The Balaban J connectivity index is 2.21. The monoisotopic (exact) mass is 315 g/mol. The van der Waals surface area contributed by atoms with Gasteiger partial charge in [-0.3, -0.25) is 0 Å². The zero-order valence-electron chi connectivity index (χ0n) is 12.9. The molecule has 1 aromatic rings. The third-order valence-corrected chi connectivity index (χ3v) is 5.65. The highest BCUT2D eigenvalue weighted by atomic mass is 32.2. The van der Waals surface area contributed by atoms with Crippen LogP contribution in [0.2, 0.25) is 0 Å². The Labute approximate surface area is 126 Å². The molecule has 0 aromatic carbocycles. The second-order valence-electron chi connectivity index (χ2n) is 5.79. The Bertz CT molecular complexity index is 574. The van der Waals surface area contributed by atoms with Gasteiger partial charge in [0.05, 0.1) is 6.10 Å². The van der Waals surface area contributed by atoms with Crippen molar-refractivity contribution in [3.8, 4) is 0 Å². The molecule has 0 saturated carbocycles. The van der Waals surface area contributed by atoms with E-state index in [9.17, 15) is 8.42 Å². The summed E-state index contributed by atoms with van der Waals surface area (Å²) in [6.07, 6.45) is 3.60. The van der Waals surface area contributed by atoms with Gasteiger partial charge in [0.25, 0.3) is 0 Å². The first-order valence-electron chi connectivity index (χ1n) is 7.35. The van der Waals surface area contributed by atoms with Crippen molar-refractivity contribution in [3.05, 3.63) is 18.0 Å². The Kier molecular flexibility index (Phi) is 5.08. The molecule has 0 bridgehead atoms. The van der Waals surface area contributed by atoms with Gasteiger partial charge in [-0.05, 0) is 32.8 Å². The van der Waals surface area contributed by atoms with Crippen LogP contribution in [-0.2, 0) is 21.3 Å². The van der Waals surface area contributed by atoms with E-state index in [4.69, 9.17) is 10.5 Å². The van der Waals surface area contributed by atoms with Gasteiger partial charge in [0, 0.05) is 44.7 Å². The van der Waals surface area contributed by atoms with Crippen molar-refractivity contribution in [3.63, 3.8) is 0 Å². The standard InChI is InChI=1S/C14H25N3O3S/c1-11(2)17-10-14(7-12(17)8-15)21(18,19)16(3)9-13-5-4-6-20-13/h7,10-11,13H,4-6,8-9,15H2,1-3H3. The van der Waals surface area contributed by atoms with Gasteiger partial charge in [0.2, 0.25) is 10.0 Å². The molecule has 0 radical (unpaired) electrons. The molecule has 0 aliphatic carbocycles. The molecular weight excluding hydrogens is 290 g/mol. The number of ether oxygens (including phenoxy) is 1. The highest BCUT2D eigenvalue weighted by molar-refractivity contribution is 7.89. The van der Waals surface area contributed by atoms with Gasteiger partial charge < -0.3 is 15.0 Å². The third-order valence-electron chi connectivity index (χ3n) is 3.87. The van der Waals surface area contributed by atoms with Crippen LogP contribution in [0.4, 0.5) is 0 Å². The molecule has 2 rings (SSSR count). The largest absolute Gasteiger partial charge is 0.377 e. The average Bonchev–Trinajstić information content (AvgIpc) is 3.06. The molecule has 1 atom stereocenters. The summed E-state index contributed by atoms with van der Waals surface area (Å²) in [5.74, 6) is 0. The molecule has 1 saturated heterocycles. The van der Waals surface area contributed by atoms with Crippen molar-refractivity contribution >= 4 is 10.0 Å². The van der Waals surface area contributed by atoms with E-state index < -0.39 is 10.0 Å². The van der Waals surface area contributed by atoms with E-state index in [2.05, 4.69) is 0 Å². The van der Waals surface area contributed by atoms with Crippen LogP contribution in [0.1, 0.15) is 38.4 Å². The molecule has 120 valence electrons. The summed E-state index contributed by atoms with van der Waals surface area (Å²) < 4.78 is 34.1. The van der Waals surface area contributed by atoms with Gasteiger partial charge >= 0.3 is 0 Å². The number of nitrogens with zero attached hydrogens (tertiary/aromatic N) is 2. The van der Waals surface area contributed by atoms with Crippen molar-refractivity contribution in [2.24, 2.45) is 5.73 Å². The second kappa shape index (κ2) is 6.48. The Morgan fingerprint density at radius 3 is 2.71 bits per heavy atom. The quantitative estimate of drug-likeness (QED) is 0.859. The van der Waals surface area contributed by atoms with Gasteiger partial charge in [-0.2, -0.15) is 4.31 Å². The minimum Gasteiger partial charge on any atom is -0.377 e. The van der Waals surface area contributed by atoms with Gasteiger partial charge in [-0.25, -0.2) is 8.42 Å². The number of likely N-dealkylation sites (N-methyl/N-ethyl adjacent to an activating group) is 1. The van der Waals surface area contributed by atoms with E-state index in [1.165, 1.54) is 4.31 Å². The predicted molar refractivity (Wildman–Crippen MR) is 81.5 cm³/mol. The number of aromatic nitrogens is 1. The molecule has 1 unspecified atom stereocenters. The molecule has 1 aliphatic rings. The van der Waals surface area contributed by atoms with Crippen LogP contribution < -0.4 is 5.73 Å². The zero-order valence-corrected chi connectivity index (χ0v) is 13.8. The second-order valence-corrected chi connectivity index (χ2v) is 7.84. The topological polar surface area (TPSA) is 77.6 Å². The molecule has 0 amide bonds. The average molecular weight is 315 g/mol. The van der Waals surface area contributed by atoms with Gasteiger partial charge in [0.1, 0.15) is 4.90 Å². The molecule has 6 nitrogen and oxygen atoms in total. The van der Waals surface area contributed by atoms with Crippen LogP contribution in [0.15, 0.2) is 17.2 Å². The zero-order chi connectivity index (χ0) is 15.6. The van der Waals surface area contributed by atoms with Gasteiger partial charge in [-0.1, -0.05) is 0 Å². The van der Waals surface area contributed by atoms with Gasteiger partial charge in [-0.15, -0.1) is 0 Å². The van der Waals surface area contributed by atoms with Crippen LogP contribution in [-0.4, -0.2) is 43.6 Å². The van der Waals surface area contributed by atoms with E-state index >= 15 is 0 Å². The molecule has 7 heteroatoms. The SMILES string of the molecule is CC(C)n1cc(S(=O)(=O)N(C)CC2CCCO2)cc1CN. The lowest BCUT2D eigenvalue weighted by molar-refractivity contribution is 0.0979. The van der Waals surface area contributed by atoms with Gasteiger partial charge in [0.15, 0.2) is 0 Å². The van der Waals surface area contributed by atoms with Crippen molar-refractivity contribution < 1.29 is 13.2 Å². The van der Waals surface area contributed by atoms with Crippen molar-refractivity contribution in [1.82, 2.24) is 8.87 Å². The Hall–Kier alpha value is -0.890. The predicted octanol–water partition coefficient (Wildman–Crippen LogP) is 1.33. The minimum atomic E-state index is -3.49. The molecule has 0 spiro atoms. The first-order chi connectivity index (χ1) is 9.86. The van der Waals surface area contributed by atoms with Crippen molar-refractivity contribution in [1.29, 1.82) is 0 Å². The Morgan fingerprint density at radius 2 is 2.24 bits per heavy atom. The fraction of sp³-hybridized carbons (Fsp3) is 0.714. The number of sulfonamides is 1. The summed E-state index contributed by atoms with van der Waals surface area (Å²) in [5, 5.41) is 0. The number of rotatable bonds is 6. The van der Waals surface area contributed by atoms with Crippen LogP contribution in [0, 0.1) is 0 Å². The van der Waals surface area contributed by atoms with Crippen molar-refractivity contribution in [2.45, 2.75) is 50.3 Å². The third kappa shape index (κ3) is 3.48. The Morgan fingerprint density at radius 1 is 1.52 bits per heavy atom. The van der Waals surface area contributed by atoms with E-state index in [1.807, 2.05) is 18.4 Å². The molecule has 21 heavy (non-hydrogen) atoms. The fourth-order valence-corrected chi connectivity index (χ4v) is 3.89. The summed E-state index contributed by atoms with van der Waals surface area (Å²) in [5.41, 5.74) is 6.53. The van der Waals surface area contributed by atoms with E-state index in [-0.39, 0.29) is 12.1 Å². The molecule has 1 aromatic heterocycles. The molecule has 2 heterocycles. The highest BCUT2D eigenvalue weighted by Gasteiger charge is 2.27. The van der Waals surface area contributed by atoms with Crippen LogP contribution in [0.3, 0.4) is 0 Å². The summed E-state index contributed by atoms with van der Waals surface area (Å²) in [4.78, 5) is 0.303. The summed E-state index contributed by atoms with van der Waals surface area (Å²) in [6.45, 7) is 5.45. The van der Waals surface area contributed by atoms with Crippen molar-refractivity contribution in [2.75, 3.05) is 20.2 Å². The van der Waals surface area contributed by atoms with E-state index in [0.29, 0.717) is 18.0 Å². The maximum absolute atomic E-state index is 12.6. The fourth-order valence-electron chi connectivity index (χ4n) is 2.64. The minimum absolute atomic E-state index is 0.00550. The van der Waals surface area contributed by atoms with Crippen LogP contribution in [0.25, 0.3) is 0 Å². The molecule has 1 aliphatic heterocycles. The molecule has 1 fully saturated rings. The molecular formula is C14H25N3O3S. The number of nitrogens with two attached hydrogens (primary N) is 1. The maximum atomic E-state index is 12.6. The maximum Gasteiger partial charge on any atom is 0.244 e. The first-order valence-corrected chi connectivity index (χ1v) is 8.79. The van der Waals surface area contributed by atoms with Crippen LogP contribution in [0.5, 0.6) is 0 Å². The van der Waals surface area contributed by atoms with E-state index in [0.717, 1.165) is 25.1 Å². The molecule has 2 N–H and O–H groups in total.